The second kappa shape index (κ2) is 3.56. The summed E-state index contributed by atoms with van der Waals surface area (Å²) in [5, 5.41) is 0. The van der Waals surface area contributed by atoms with Crippen molar-refractivity contribution >= 4 is 5.78 Å². The topological polar surface area (TPSA) is 26.3 Å². The predicted octanol–water partition coefficient (Wildman–Crippen LogP) is 1.92. The Labute approximate surface area is 73.3 Å². The first-order valence-electron chi connectivity index (χ1n) is 4.99. The molecule has 2 rings (SSSR count). The average Bonchev–Trinajstić information content (AvgIpc) is 2.28. The van der Waals surface area contributed by atoms with Crippen LogP contribution in [0.25, 0.3) is 0 Å². The molecule has 0 radical (unpaired) electrons. The monoisotopic (exact) mass is 168 g/mol. The van der Waals surface area contributed by atoms with Crippen LogP contribution in [0.2, 0.25) is 0 Å². The number of rotatable bonds is 0. The van der Waals surface area contributed by atoms with Gasteiger partial charge in [-0.2, -0.15) is 0 Å². The van der Waals surface area contributed by atoms with Crippen molar-refractivity contribution in [2.75, 3.05) is 6.61 Å². The summed E-state index contributed by atoms with van der Waals surface area (Å²) in [6.45, 7) is 0.376. The standard InChI is InChI=1S/C10H16O2/c11-9-6-8-4-2-1-3-5-10(8)12-7-9/h8,10H,1-7H2/t8-,10+/m0/s1. The molecule has 0 aromatic rings. The molecule has 0 N–H and O–H groups in total. The summed E-state index contributed by atoms with van der Waals surface area (Å²) < 4.78 is 5.52. The Balaban J connectivity index is 1.99. The minimum absolute atomic E-state index is 0.304. The molecule has 12 heavy (non-hydrogen) atoms. The first kappa shape index (κ1) is 8.24. The fourth-order valence-corrected chi connectivity index (χ4v) is 2.35. The van der Waals surface area contributed by atoms with Crippen molar-refractivity contribution in [3.63, 3.8) is 0 Å². The van der Waals surface area contributed by atoms with Gasteiger partial charge in [0, 0.05) is 6.42 Å². The first-order chi connectivity index (χ1) is 5.86. The molecule has 2 aliphatic rings. The summed E-state index contributed by atoms with van der Waals surface area (Å²) >= 11 is 0. The molecule has 2 nitrogen and oxygen atoms in total. The molecule has 1 saturated heterocycles. The zero-order valence-electron chi connectivity index (χ0n) is 7.42. The van der Waals surface area contributed by atoms with Gasteiger partial charge in [-0.15, -0.1) is 0 Å². The molecule has 68 valence electrons. The molecule has 1 saturated carbocycles. The maximum Gasteiger partial charge on any atom is 0.158 e. The molecular weight excluding hydrogens is 152 g/mol. The second-order valence-electron chi connectivity index (χ2n) is 3.99. The van der Waals surface area contributed by atoms with Crippen LogP contribution in [0.4, 0.5) is 0 Å². The number of hydrogen-bond donors (Lipinski definition) is 0. The molecule has 0 spiro atoms. The van der Waals surface area contributed by atoms with Crippen LogP contribution in [-0.2, 0) is 9.53 Å². The maximum atomic E-state index is 11.1. The van der Waals surface area contributed by atoms with Crippen LogP contribution in [0, 0.1) is 5.92 Å². The predicted molar refractivity (Wildman–Crippen MR) is 45.9 cm³/mol. The van der Waals surface area contributed by atoms with Gasteiger partial charge in [-0.25, -0.2) is 0 Å². The highest BCUT2D eigenvalue weighted by molar-refractivity contribution is 5.80. The van der Waals surface area contributed by atoms with E-state index < -0.39 is 0 Å². The number of hydrogen-bond acceptors (Lipinski definition) is 2. The van der Waals surface area contributed by atoms with Gasteiger partial charge in [0.1, 0.15) is 6.61 Å². The summed E-state index contributed by atoms with van der Waals surface area (Å²) in [6, 6.07) is 0. The summed E-state index contributed by atoms with van der Waals surface area (Å²) in [6.07, 6.45) is 7.47. The third-order valence-corrected chi connectivity index (χ3v) is 3.04. The lowest BCUT2D eigenvalue weighted by atomic mass is 9.90. The minimum atomic E-state index is 0.304. The smallest absolute Gasteiger partial charge is 0.158 e. The van der Waals surface area contributed by atoms with Gasteiger partial charge in [-0.3, -0.25) is 4.79 Å². The minimum Gasteiger partial charge on any atom is -0.370 e. The van der Waals surface area contributed by atoms with E-state index in [9.17, 15) is 4.79 Å². The quantitative estimate of drug-likeness (QED) is 0.552. The third-order valence-electron chi connectivity index (χ3n) is 3.04. The molecule has 0 aromatic carbocycles. The Bertz CT molecular complexity index is 177. The Morgan fingerprint density at radius 3 is 2.92 bits per heavy atom. The number of ketones is 1. The molecular formula is C10H16O2. The highest BCUT2D eigenvalue weighted by atomic mass is 16.5. The maximum absolute atomic E-state index is 11.1. The van der Waals surface area contributed by atoms with Gasteiger partial charge in [-0.05, 0) is 18.8 Å². The van der Waals surface area contributed by atoms with E-state index in [0.717, 1.165) is 6.42 Å². The normalized spacial score (nSPS) is 37.2. The second-order valence-corrected chi connectivity index (χ2v) is 3.99. The molecule has 1 aliphatic carbocycles. The fourth-order valence-electron chi connectivity index (χ4n) is 2.35. The zero-order chi connectivity index (χ0) is 8.39. The van der Waals surface area contributed by atoms with E-state index in [2.05, 4.69) is 0 Å². The van der Waals surface area contributed by atoms with Crippen LogP contribution in [0.15, 0.2) is 0 Å². The van der Waals surface area contributed by atoms with Crippen LogP contribution in [-0.4, -0.2) is 18.5 Å². The Kier molecular flexibility index (Phi) is 2.45. The van der Waals surface area contributed by atoms with Gasteiger partial charge in [-0.1, -0.05) is 19.3 Å². The van der Waals surface area contributed by atoms with Crippen molar-refractivity contribution in [3.8, 4) is 0 Å². The fraction of sp³-hybridized carbons (Fsp3) is 0.900. The molecule has 2 atom stereocenters. The van der Waals surface area contributed by atoms with E-state index in [1.165, 1.54) is 32.1 Å². The van der Waals surface area contributed by atoms with Crippen LogP contribution < -0.4 is 0 Å². The lowest BCUT2D eigenvalue weighted by Gasteiger charge is -2.29. The van der Waals surface area contributed by atoms with Gasteiger partial charge in [0.15, 0.2) is 5.78 Å². The van der Waals surface area contributed by atoms with Gasteiger partial charge in [0.05, 0.1) is 6.10 Å². The van der Waals surface area contributed by atoms with Crippen molar-refractivity contribution in [1.29, 1.82) is 0 Å². The van der Waals surface area contributed by atoms with Gasteiger partial charge >= 0.3 is 0 Å². The molecule has 2 heteroatoms. The number of ether oxygens (including phenoxy) is 1. The molecule has 1 aliphatic heterocycles. The van der Waals surface area contributed by atoms with Crippen molar-refractivity contribution in [2.45, 2.75) is 44.6 Å². The van der Waals surface area contributed by atoms with E-state index >= 15 is 0 Å². The van der Waals surface area contributed by atoms with Crippen LogP contribution in [0.3, 0.4) is 0 Å². The van der Waals surface area contributed by atoms with Gasteiger partial charge in [0.25, 0.3) is 0 Å². The highest BCUT2D eigenvalue weighted by Crippen LogP contribution is 2.30. The zero-order valence-corrected chi connectivity index (χ0v) is 7.42. The van der Waals surface area contributed by atoms with E-state index in [1.54, 1.807) is 0 Å². The van der Waals surface area contributed by atoms with Crippen molar-refractivity contribution in [3.05, 3.63) is 0 Å². The van der Waals surface area contributed by atoms with E-state index in [4.69, 9.17) is 4.74 Å². The molecule has 0 bridgehead atoms. The molecule has 2 fully saturated rings. The largest absolute Gasteiger partial charge is 0.370 e. The lowest BCUT2D eigenvalue weighted by molar-refractivity contribution is -0.136. The Morgan fingerprint density at radius 2 is 2.00 bits per heavy atom. The highest BCUT2D eigenvalue weighted by Gasteiger charge is 2.30. The van der Waals surface area contributed by atoms with Crippen LogP contribution in [0.1, 0.15) is 38.5 Å². The van der Waals surface area contributed by atoms with Gasteiger partial charge < -0.3 is 4.74 Å². The molecule has 1 heterocycles. The van der Waals surface area contributed by atoms with Gasteiger partial charge in [0.2, 0.25) is 0 Å². The first-order valence-corrected chi connectivity index (χ1v) is 4.99. The number of Topliss-reactive ketones (excluding diaryl/α,β-unsaturated/α-hetero) is 1. The Hall–Kier alpha value is -0.370. The lowest BCUT2D eigenvalue weighted by Crippen LogP contribution is -2.33. The van der Waals surface area contributed by atoms with Crippen molar-refractivity contribution in [2.24, 2.45) is 5.92 Å². The SMILES string of the molecule is O=C1CO[C@@H]2CCCCC[C@H]2C1. The number of fused-ring (bicyclic) bond motifs is 1. The summed E-state index contributed by atoms with van der Waals surface area (Å²) in [5.74, 6) is 0.854. The summed E-state index contributed by atoms with van der Waals surface area (Å²) in [7, 11) is 0. The third kappa shape index (κ3) is 1.69. The summed E-state index contributed by atoms with van der Waals surface area (Å²) in [4.78, 5) is 11.1. The summed E-state index contributed by atoms with van der Waals surface area (Å²) in [5.41, 5.74) is 0. The van der Waals surface area contributed by atoms with E-state index in [0.29, 0.717) is 24.4 Å². The van der Waals surface area contributed by atoms with Crippen LogP contribution in [0.5, 0.6) is 0 Å². The number of carbonyl (C=O) groups excluding carboxylic acids is 1. The van der Waals surface area contributed by atoms with E-state index in [1.807, 2.05) is 0 Å². The van der Waals surface area contributed by atoms with Crippen LogP contribution >= 0.6 is 0 Å². The van der Waals surface area contributed by atoms with Crippen molar-refractivity contribution < 1.29 is 9.53 Å². The molecule has 0 amide bonds. The van der Waals surface area contributed by atoms with Crippen molar-refractivity contribution in [1.82, 2.24) is 0 Å². The number of carbonyl (C=O) groups is 1. The Morgan fingerprint density at radius 1 is 1.17 bits per heavy atom. The molecule has 0 aromatic heterocycles. The average molecular weight is 168 g/mol. The van der Waals surface area contributed by atoms with E-state index in [-0.39, 0.29) is 0 Å². The molecule has 0 unspecified atom stereocenters.